The monoisotopic (exact) mass is 587 g/mol. The van der Waals surface area contributed by atoms with Crippen LogP contribution in [0.3, 0.4) is 0 Å². The average molecular weight is 588 g/mol. The largest absolute Gasteiger partial charge is 0.496 e. The fourth-order valence-electron chi connectivity index (χ4n) is 6.63. The SMILES string of the molecule is COC(=O)c1ccc(C2CN3CCC[C@H]3CN2Cc2c(OC)cc(C)c3c2ccn3S(=O)(=O)c2ccc(C)cc2)cc1. The third-order valence-electron chi connectivity index (χ3n) is 8.86. The van der Waals surface area contributed by atoms with Gasteiger partial charge in [-0.05, 0) is 80.8 Å². The van der Waals surface area contributed by atoms with E-state index in [4.69, 9.17) is 9.47 Å². The molecule has 42 heavy (non-hydrogen) atoms. The summed E-state index contributed by atoms with van der Waals surface area (Å²) in [6, 6.07) is 19.1. The molecule has 6 rings (SSSR count). The first-order valence-corrected chi connectivity index (χ1v) is 15.8. The third kappa shape index (κ3) is 4.99. The molecule has 0 aliphatic carbocycles. The first-order valence-electron chi connectivity index (χ1n) is 14.4. The van der Waals surface area contributed by atoms with Crippen molar-refractivity contribution in [1.82, 2.24) is 13.8 Å². The van der Waals surface area contributed by atoms with Crippen LogP contribution < -0.4 is 4.74 Å². The first-order chi connectivity index (χ1) is 20.2. The number of carbonyl (C=O) groups excluding carboxylic acids is 1. The predicted molar refractivity (Wildman–Crippen MR) is 163 cm³/mol. The molecule has 9 heteroatoms. The number of piperazine rings is 1. The molecule has 4 aromatic rings. The van der Waals surface area contributed by atoms with E-state index in [0.717, 1.165) is 59.4 Å². The lowest BCUT2D eigenvalue weighted by Crippen LogP contribution is -2.51. The van der Waals surface area contributed by atoms with E-state index in [-0.39, 0.29) is 16.9 Å². The van der Waals surface area contributed by atoms with Gasteiger partial charge in [-0.3, -0.25) is 9.80 Å². The van der Waals surface area contributed by atoms with Gasteiger partial charge in [-0.15, -0.1) is 0 Å². The number of esters is 1. The fraction of sp³-hybridized carbons (Fsp3) is 0.364. The molecule has 0 saturated carbocycles. The van der Waals surface area contributed by atoms with E-state index in [0.29, 0.717) is 23.7 Å². The normalized spacial score (nSPS) is 19.6. The molecule has 3 aromatic carbocycles. The Balaban J connectivity index is 1.41. The molecular weight excluding hydrogens is 550 g/mol. The molecule has 2 atom stereocenters. The van der Waals surface area contributed by atoms with Crippen molar-refractivity contribution in [3.8, 4) is 5.75 Å². The summed E-state index contributed by atoms with van der Waals surface area (Å²) in [7, 11) is -0.733. The molecule has 8 nitrogen and oxygen atoms in total. The first kappa shape index (κ1) is 28.5. The lowest BCUT2D eigenvalue weighted by atomic mass is 9.96. The number of methoxy groups -OCH3 is 2. The Morgan fingerprint density at radius 3 is 2.40 bits per heavy atom. The standard InChI is InChI=1S/C33H37N3O5S/c1-22-7-13-27(14-8-22)42(38,39)36-17-15-28-29(31(40-3)18-23(2)32(28)36)20-35-19-26-6-5-16-34(26)21-30(35)24-9-11-25(12-10-24)33(37)41-4/h7-15,17-18,26,30H,5-6,16,19-21H2,1-4H3/t26-,30?/m0/s1. The lowest BCUT2D eigenvalue weighted by Gasteiger charge is -2.44. The zero-order valence-electron chi connectivity index (χ0n) is 24.5. The molecule has 0 N–H and O–H groups in total. The second-order valence-corrected chi connectivity index (χ2v) is 13.2. The summed E-state index contributed by atoms with van der Waals surface area (Å²) >= 11 is 0. The maximum Gasteiger partial charge on any atom is 0.337 e. The van der Waals surface area contributed by atoms with E-state index in [9.17, 15) is 13.2 Å². The molecule has 220 valence electrons. The van der Waals surface area contributed by atoms with Crippen LogP contribution in [0.2, 0.25) is 0 Å². The molecular formula is C33H37N3O5S. The van der Waals surface area contributed by atoms with Crippen molar-refractivity contribution in [3.05, 3.63) is 94.7 Å². The summed E-state index contributed by atoms with van der Waals surface area (Å²) in [6.07, 6.45) is 4.01. The number of fused-ring (bicyclic) bond motifs is 2. The third-order valence-corrected chi connectivity index (χ3v) is 10.6. The van der Waals surface area contributed by atoms with Crippen molar-refractivity contribution in [2.24, 2.45) is 0 Å². The van der Waals surface area contributed by atoms with Gasteiger partial charge in [0.25, 0.3) is 10.0 Å². The summed E-state index contributed by atoms with van der Waals surface area (Å²) in [5, 5.41) is 0.871. The highest BCUT2D eigenvalue weighted by atomic mass is 32.2. The van der Waals surface area contributed by atoms with E-state index in [1.54, 1.807) is 25.4 Å². The molecule has 0 amide bonds. The second kappa shape index (κ2) is 11.2. The maximum atomic E-state index is 13.8. The van der Waals surface area contributed by atoms with Crippen LogP contribution in [0.5, 0.6) is 5.75 Å². The molecule has 2 saturated heterocycles. The summed E-state index contributed by atoms with van der Waals surface area (Å²) in [6.45, 7) is 7.34. The van der Waals surface area contributed by atoms with Crippen molar-refractivity contribution < 1.29 is 22.7 Å². The van der Waals surface area contributed by atoms with Gasteiger partial charge in [0.15, 0.2) is 0 Å². The smallest absolute Gasteiger partial charge is 0.337 e. The number of hydrogen-bond donors (Lipinski definition) is 0. The summed E-state index contributed by atoms with van der Waals surface area (Å²) in [4.78, 5) is 17.4. The topological polar surface area (TPSA) is 81.1 Å². The quantitative estimate of drug-likeness (QED) is 0.271. The second-order valence-electron chi connectivity index (χ2n) is 11.4. The Bertz CT molecular complexity index is 1730. The number of ether oxygens (including phenoxy) is 2. The van der Waals surface area contributed by atoms with Gasteiger partial charge < -0.3 is 9.47 Å². The molecule has 1 aromatic heterocycles. The van der Waals surface area contributed by atoms with Gasteiger partial charge in [0.05, 0.1) is 30.2 Å². The molecule has 2 aliphatic heterocycles. The van der Waals surface area contributed by atoms with E-state index in [2.05, 4.69) is 9.80 Å². The number of carbonyl (C=O) groups is 1. The van der Waals surface area contributed by atoms with Gasteiger partial charge in [0.2, 0.25) is 0 Å². The number of nitrogens with zero attached hydrogens (tertiary/aromatic N) is 3. The van der Waals surface area contributed by atoms with E-state index < -0.39 is 10.0 Å². The van der Waals surface area contributed by atoms with Crippen LogP contribution in [-0.4, -0.2) is 68.1 Å². The Labute approximate surface area is 247 Å². The van der Waals surface area contributed by atoms with Crippen LogP contribution >= 0.6 is 0 Å². The van der Waals surface area contributed by atoms with E-state index in [1.807, 2.05) is 62.4 Å². The van der Waals surface area contributed by atoms with E-state index >= 15 is 0 Å². The molecule has 3 heterocycles. The summed E-state index contributed by atoms with van der Waals surface area (Å²) in [5.74, 6) is 0.401. The van der Waals surface area contributed by atoms with Gasteiger partial charge in [0.1, 0.15) is 5.75 Å². The van der Waals surface area contributed by atoms with Crippen LogP contribution in [0.15, 0.2) is 71.8 Å². The van der Waals surface area contributed by atoms with Crippen molar-refractivity contribution in [1.29, 1.82) is 0 Å². The molecule has 2 aliphatic rings. The summed E-state index contributed by atoms with van der Waals surface area (Å²) < 4.78 is 39.7. The Kier molecular flexibility index (Phi) is 7.59. The highest BCUT2D eigenvalue weighted by molar-refractivity contribution is 7.90. The lowest BCUT2D eigenvalue weighted by molar-refractivity contribution is 0.0446. The zero-order chi connectivity index (χ0) is 29.6. The molecule has 0 spiro atoms. The fourth-order valence-corrected chi connectivity index (χ4v) is 8.04. The number of benzene rings is 3. The van der Waals surface area contributed by atoms with Crippen LogP contribution in [0.1, 0.15) is 51.5 Å². The van der Waals surface area contributed by atoms with Crippen LogP contribution in [0.4, 0.5) is 0 Å². The van der Waals surface area contributed by atoms with Crippen molar-refractivity contribution in [3.63, 3.8) is 0 Å². The van der Waals surface area contributed by atoms with Crippen LogP contribution in [0.25, 0.3) is 10.9 Å². The number of aryl methyl sites for hydroxylation is 2. The molecule has 2 fully saturated rings. The summed E-state index contributed by atoms with van der Waals surface area (Å²) in [5.41, 5.74) is 5.15. The van der Waals surface area contributed by atoms with Gasteiger partial charge in [0, 0.05) is 48.9 Å². The predicted octanol–water partition coefficient (Wildman–Crippen LogP) is 5.31. The maximum absolute atomic E-state index is 13.8. The van der Waals surface area contributed by atoms with Gasteiger partial charge in [-0.25, -0.2) is 17.2 Å². The van der Waals surface area contributed by atoms with Crippen LogP contribution in [0, 0.1) is 13.8 Å². The average Bonchev–Trinajstić information content (AvgIpc) is 3.66. The minimum absolute atomic E-state index is 0.102. The van der Waals surface area contributed by atoms with Crippen molar-refractivity contribution in [2.45, 2.75) is 50.2 Å². The minimum Gasteiger partial charge on any atom is -0.496 e. The Hall–Kier alpha value is -3.66. The highest BCUT2D eigenvalue weighted by Gasteiger charge is 2.37. The minimum atomic E-state index is -3.79. The van der Waals surface area contributed by atoms with E-state index in [1.165, 1.54) is 17.5 Å². The number of hydrogen-bond acceptors (Lipinski definition) is 7. The molecule has 1 unspecified atom stereocenters. The number of rotatable bonds is 7. The van der Waals surface area contributed by atoms with Gasteiger partial charge >= 0.3 is 5.97 Å². The van der Waals surface area contributed by atoms with Gasteiger partial charge in [-0.1, -0.05) is 29.8 Å². The number of aromatic nitrogens is 1. The highest BCUT2D eigenvalue weighted by Crippen LogP contribution is 2.39. The Morgan fingerprint density at radius 2 is 1.71 bits per heavy atom. The zero-order valence-corrected chi connectivity index (χ0v) is 25.4. The molecule has 0 radical (unpaired) electrons. The van der Waals surface area contributed by atoms with Crippen molar-refractivity contribution in [2.75, 3.05) is 33.9 Å². The van der Waals surface area contributed by atoms with Gasteiger partial charge in [-0.2, -0.15) is 0 Å². The Morgan fingerprint density at radius 1 is 0.976 bits per heavy atom. The van der Waals surface area contributed by atoms with Crippen LogP contribution in [-0.2, 0) is 21.3 Å². The van der Waals surface area contributed by atoms with Crippen molar-refractivity contribution >= 4 is 26.9 Å². The molecule has 0 bridgehead atoms.